The van der Waals surface area contributed by atoms with Crippen molar-refractivity contribution in [2.75, 3.05) is 16.3 Å². The Morgan fingerprint density at radius 1 is 1.33 bits per heavy atom. The van der Waals surface area contributed by atoms with Crippen molar-refractivity contribution in [1.82, 2.24) is 0 Å². The van der Waals surface area contributed by atoms with Gasteiger partial charge >= 0.3 is 6.43 Å². The summed E-state index contributed by atoms with van der Waals surface area (Å²) in [6, 6.07) is 2.77. The van der Waals surface area contributed by atoms with Gasteiger partial charge in [0.25, 0.3) is 5.91 Å². The van der Waals surface area contributed by atoms with E-state index >= 15 is 0 Å². The lowest BCUT2D eigenvalue weighted by Crippen LogP contribution is -2.20. The first-order valence-corrected chi connectivity index (χ1v) is 6.44. The lowest BCUT2D eigenvalue weighted by atomic mass is 10.2. The molecule has 5 nitrogen and oxygen atoms in total. The molecule has 0 aromatic heterocycles. The number of alkyl halides is 2. The number of carbonyl (C=O) groups excluding carboxylic acids is 1. The van der Waals surface area contributed by atoms with E-state index in [-0.39, 0.29) is 5.69 Å². The molecular formula is C9H9F3N2O3S. The quantitative estimate of drug-likeness (QED) is 0.876. The fourth-order valence-corrected chi connectivity index (χ4v) is 1.63. The van der Waals surface area contributed by atoms with Gasteiger partial charge in [-0.2, -0.15) is 8.78 Å². The number of carbonyl (C=O) groups is 1. The van der Waals surface area contributed by atoms with Gasteiger partial charge in [0.1, 0.15) is 5.82 Å². The van der Waals surface area contributed by atoms with E-state index in [2.05, 4.69) is 0 Å². The highest BCUT2D eigenvalue weighted by Crippen LogP contribution is 2.20. The molecule has 0 fully saturated rings. The summed E-state index contributed by atoms with van der Waals surface area (Å²) in [7, 11) is -3.71. The SMILES string of the molecule is CS(=O)(=O)Nc1cc(NC(=O)C(F)F)ccc1F. The van der Waals surface area contributed by atoms with Gasteiger partial charge < -0.3 is 5.32 Å². The van der Waals surface area contributed by atoms with Gasteiger partial charge in [-0.25, -0.2) is 12.8 Å². The van der Waals surface area contributed by atoms with Crippen LogP contribution in [-0.2, 0) is 14.8 Å². The third-order valence-electron chi connectivity index (χ3n) is 1.73. The molecule has 0 saturated carbocycles. The molecule has 0 atom stereocenters. The number of hydrogen-bond donors (Lipinski definition) is 2. The summed E-state index contributed by atoms with van der Waals surface area (Å²) < 4.78 is 60.8. The average molecular weight is 282 g/mol. The summed E-state index contributed by atoms with van der Waals surface area (Å²) in [5, 5.41) is 1.80. The van der Waals surface area contributed by atoms with E-state index in [9.17, 15) is 26.4 Å². The number of sulfonamides is 1. The third kappa shape index (κ3) is 4.24. The second-order valence-corrected chi connectivity index (χ2v) is 5.11. The lowest BCUT2D eigenvalue weighted by molar-refractivity contribution is -0.126. The van der Waals surface area contributed by atoms with Gasteiger partial charge in [0.15, 0.2) is 0 Å². The number of benzene rings is 1. The average Bonchev–Trinajstić information content (AvgIpc) is 2.20. The van der Waals surface area contributed by atoms with E-state index in [4.69, 9.17) is 0 Å². The van der Waals surface area contributed by atoms with E-state index in [1.165, 1.54) is 0 Å². The van der Waals surface area contributed by atoms with Crippen LogP contribution in [0.5, 0.6) is 0 Å². The monoisotopic (exact) mass is 282 g/mol. The zero-order chi connectivity index (χ0) is 13.9. The van der Waals surface area contributed by atoms with Gasteiger partial charge in [0, 0.05) is 5.69 Å². The van der Waals surface area contributed by atoms with Crippen LogP contribution >= 0.6 is 0 Å². The van der Waals surface area contributed by atoms with Crippen LogP contribution in [0.25, 0.3) is 0 Å². The molecule has 0 spiro atoms. The molecule has 1 amide bonds. The first-order chi connectivity index (χ1) is 8.19. The second-order valence-electron chi connectivity index (χ2n) is 3.36. The highest BCUT2D eigenvalue weighted by atomic mass is 32.2. The van der Waals surface area contributed by atoms with Crippen LogP contribution in [0.1, 0.15) is 0 Å². The smallest absolute Gasteiger partial charge is 0.315 e. The minimum Gasteiger partial charge on any atom is -0.321 e. The van der Waals surface area contributed by atoms with Crippen molar-refractivity contribution in [3.05, 3.63) is 24.0 Å². The maximum atomic E-state index is 13.2. The summed E-state index contributed by atoms with van der Waals surface area (Å²) in [4.78, 5) is 10.7. The molecule has 0 radical (unpaired) electrons. The summed E-state index contributed by atoms with van der Waals surface area (Å²) in [5.41, 5.74) is -0.586. The largest absolute Gasteiger partial charge is 0.321 e. The molecule has 0 heterocycles. The predicted molar refractivity (Wildman–Crippen MR) is 59.5 cm³/mol. The van der Waals surface area contributed by atoms with E-state index in [0.717, 1.165) is 24.5 Å². The Labute approximate surface area is 101 Å². The molecule has 100 valence electrons. The number of rotatable bonds is 4. The van der Waals surface area contributed by atoms with E-state index < -0.39 is 33.9 Å². The first-order valence-electron chi connectivity index (χ1n) is 4.55. The molecule has 2 N–H and O–H groups in total. The summed E-state index contributed by atoms with van der Waals surface area (Å²) >= 11 is 0. The Hall–Kier alpha value is -1.77. The third-order valence-corrected chi connectivity index (χ3v) is 2.32. The van der Waals surface area contributed by atoms with Crippen molar-refractivity contribution in [2.45, 2.75) is 6.43 Å². The van der Waals surface area contributed by atoms with Gasteiger partial charge in [0.05, 0.1) is 11.9 Å². The standard InChI is InChI=1S/C9H9F3N2O3S/c1-18(16,17)14-7-4-5(2-3-6(7)10)13-9(15)8(11)12/h2-4,8,14H,1H3,(H,13,15). The maximum Gasteiger partial charge on any atom is 0.315 e. The van der Waals surface area contributed by atoms with Gasteiger partial charge in [-0.05, 0) is 18.2 Å². The van der Waals surface area contributed by atoms with Crippen molar-refractivity contribution >= 4 is 27.3 Å². The molecule has 9 heteroatoms. The van der Waals surface area contributed by atoms with Crippen molar-refractivity contribution in [2.24, 2.45) is 0 Å². The van der Waals surface area contributed by atoms with Gasteiger partial charge in [-0.1, -0.05) is 0 Å². The number of nitrogens with one attached hydrogen (secondary N) is 2. The van der Waals surface area contributed by atoms with Crippen LogP contribution in [0.2, 0.25) is 0 Å². The molecule has 0 aliphatic heterocycles. The lowest BCUT2D eigenvalue weighted by Gasteiger charge is -2.09. The topological polar surface area (TPSA) is 75.3 Å². The van der Waals surface area contributed by atoms with E-state index in [0.29, 0.717) is 0 Å². The highest BCUT2D eigenvalue weighted by Gasteiger charge is 2.16. The molecule has 18 heavy (non-hydrogen) atoms. The Kier molecular flexibility index (Phi) is 4.17. The van der Waals surface area contributed by atoms with Crippen LogP contribution < -0.4 is 10.0 Å². The van der Waals surface area contributed by atoms with Crippen molar-refractivity contribution in [3.8, 4) is 0 Å². The number of anilines is 2. The van der Waals surface area contributed by atoms with Crippen LogP contribution in [-0.4, -0.2) is 27.0 Å². The van der Waals surface area contributed by atoms with Gasteiger partial charge in [0.2, 0.25) is 10.0 Å². The molecule has 0 aliphatic rings. The van der Waals surface area contributed by atoms with Crippen LogP contribution in [0.4, 0.5) is 24.5 Å². The zero-order valence-electron chi connectivity index (χ0n) is 9.08. The van der Waals surface area contributed by atoms with Crippen LogP contribution in [0.15, 0.2) is 18.2 Å². The van der Waals surface area contributed by atoms with E-state index in [1.807, 2.05) is 4.72 Å². The molecule has 1 aromatic carbocycles. The Balaban J connectivity index is 2.97. The van der Waals surface area contributed by atoms with Crippen molar-refractivity contribution < 1.29 is 26.4 Å². The fourth-order valence-electron chi connectivity index (χ4n) is 1.08. The number of hydrogen-bond acceptors (Lipinski definition) is 3. The molecule has 1 rings (SSSR count). The molecule has 0 bridgehead atoms. The Morgan fingerprint density at radius 3 is 2.44 bits per heavy atom. The Bertz CT molecular complexity index is 560. The first kappa shape index (κ1) is 14.3. The molecular weight excluding hydrogens is 273 g/mol. The zero-order valence-corrected chi connectivity index (χ0v) is 9.89. The van der Waals surface area contributed by atoms with Crippen LogP contribution in [0.3, 0.4) is 0 Å². The van der Waals surface area contributed by atoms with Gasteiger partial charge in [-0.3, -0.25) is 9.52 Å². The molecule has 1 aromatic rings. The molecule has 0 aliphatic carbocycles. The van der Waals surface area contributed by atoms with Crippen LogP contribution in [0, 0.1) is 5.82 Å². The second kappa shape index (κ2) is 5.25. The minimum absolute atomic E-state index is 0.146. The highest BCUT2D eigenvalue weighted by molar-refractivity contribution is 7.92. The Morgan fingerprint density at radius 2 is 1.94 bits per heavy atom. The summed E-state index contributed by atoms with van der Waals surface area (Å²) in [6.45, 7) is 0. The maximum absolute atomic E-state index is 13.2. The van der Waals surface area contributed by atoms with Crippen molar-refractivity contribution in [3.63, 3.8) is 0 Å². The molecule has 0 saturated heterocycles. The summed E-state index contributed by atoms with van der Waals surface area (Å²) in [6.07, 6.45) is -2.42. The number of halogens is 3. The minimum atomic E-state index is -3.71. The number of amides is 1. The van der Waals surface area contributed by atoms with E-state index in [1.54, 1.807) is 5.32 Å². The van der Waals surface area contributed by atoms with Crippen molar-refractivity contribution in [1.29, 1.82) is 0 Å². The van der Waals surface area contributed by atoms with Gasteiger partial charge in [-0.15, -0.1) is 0 Å². The fraction of sp³-hybridized carbons (Fsp3) is 0.222. The normalized spacial score (nSPS) is 11.4. The molecule has 0 unspecified atom stereocenters. The summed E-state index contributed by atoms with van der Waals surface area (Å²) in [5.74, 6) is -2.46. The predicted octanol–water partition coefficient (Wildman–Crippen LogP) is 1.40.